The number of hydrazone groups is 1. The van der Waals surface area contributed by atoms with Gasteiger partial charge in [-0.25, -0.2) is 5.43 Å². The second-order valence-electron chi connectivity index (χ2n) is 5.40. The summed E-state index contributed by atoms with van der Waals surface area (Å²) < 4.78 is 0. The average molecular weight is 313 g/mol. The molecule has 1 aromatic heterocycles. The van der Waals surface area contributed by atoms with E-state index in [0.717, 1.165) is 24.3 Å². The molecule has 114 valence electrons. The molecule has 4 nitrogen and oxygen atoms in total. The van der Waals surface area contributed by atoms with Crippen LogP contribution in [0.5, 0.6) is 0 Å². The van der Waals surface area contributed by atoms with E-state index in [2.05, 4.69) is 33.6 Å². The molecular weight excluding hydrogens is 294 g/mol. The molecule has 1 aliphatic rings. The van der Waals surface area contributed by atoms with E-state index in [9.17, 15) is 4.79 Å². The molecule has 0 radical (unpaired) electrons. The van der Waals surface area contributed by atoms with Crippen LogP contribution in [-0.4, -0.2) is 25.2 Å². The van der Waals surface area contributed by atoms with E-state index in [-0.39, 0.29) is 5.91 Å². The van der Waals surface area contributed by atoms with E-state index in [1.165, 1.54) is 16.1 Å². The van der Waals surface area contributed by atoms with Gasteiger partial charge in [-0.2, -0.15) is 5.10 Å². The third-order valence-electron chi connectivity index (χ3n) is 3.68. The van der Waals surface area contributed by atoms with Gasteiger partial charge in [0, 0.05) is 22.0 Å². The largest absolute Gasteiger partial charge is 0.362 e. The lowest BCUT2D eigenvalue weighted by Crippen LogP contribution is -2.38. The van der Waals surface area contributed by atoms with Crippen molar-refractivity contribution in [2.24, 2.45) is 5.10 Å². The zero-order chi connectivity index (χ0) is 15.4. The number of nitrogens with zero attached hydrogens (tertiary/aromatic N) is 2. The Hall–Kier alpha value is -2.14. The summed E-state index contributed by atoms with van der Waals surface area (Å²) in [6.07, 6.45) is 3.87. The number of para-hydroxylation sites is 1. The molecule has 2 aromatic rings. The van der Waals surface area contributed by atoms with Gasteiger partial charge in [0.05, 0.1) is 12.8 Å². The molecule has 0 saturated carbocycles. The summed E-state index contributed by atoms with van der Waals surface area (Å²) in [5.74, 6) is -0.0822. The van der Waals surface area contributed by atoms with Crippen molar-refractivity contribution >= 4 is 29.1 Å². The van der Waals surface area contributed by atoms with Crippen LogP contribution in [0.25, 0.3) is 0 Å². The number of rotatable bonds is 4. The Kier molecular flexibility index (Phi) is 4.53. The highest BCUT2D eigenvalue weighted by Gasteiger charge is 2.18. The zero-order valence-electron chi connectivity index (χ0n) is 12.6. The standard InChI is InChI=1S/C17H19N3OS/c1-13-8-9-15(22-13)11-18-19-17(21)12-20-10-4-6-14-5-2-3-7-16(14)20/h2-3,5,7-9,11H,4,6,10,12H2,1H3,(H,19,21)/b18-11-. The smallest absolute Gasteiger partial charge is 0.259 e. The highest BCUT2D eigenvalue weighted by molar-refractivity contribution is 7.13. The van der Waals surface area contributed by atoms with Crippen LogP contribution in [0.1, 0.15) is 21.7 Å². The highest BCUT2D eigenvalue weighted by Crippen LogP contribution is 2.26. The lowest BCUT2D eigenvalue weighted by molar-refractivity contribution is -0.119. The lowest BCUT2D eigenvalue weighted by Gasteiger charge is -2.30. The summed E-state index contributed by atoms with van der Waals surface area (Å²) >= 11 is 1.65. The van der Waals surface area contributed by atoms with Crippen LogP contribution in [0.2, 0.25) is 0 Å². The summed E-state index contributed by atoms with van der Waals surface area (Å²) in [6.45, 7) is 3.31. The summed E-state index contributed by atoms with van der Waals surface area (Å²) in [5, 5.41) is 4.04. The van der Waals surface area contributed by atoms with Gasteiger partial charge >= 0.3 is 0 Å². The molecule has 1 aromatic carbocycles. The fourth-order valence-corrected chi connectivity index (χ4v) is 3.42. The SMILES string of the molecule is Cc1ccc(/C=N\NC(=O)CN2CCCc3ccccc32)s1. The number of hydrogen-bond donors (Lipinski definition) is 1. The van der Waals surface area contributed by atoms with Crippen molar-refractivity contribution in [2.45, 2.75) is 19.8 Å². The van der Waals surface area contributed by atoms with Gasteiger partial charge in [0.1, 0.15) is 0 Å². The third kappa shape index (κ3) is 3.54. The number of anilines is 1. The number of carbonyl (C=O) groups excluding carboxylic acids is 1. The van der Waals surface area contributed by atoms with E-state index in [4.69, 9.17) is 0 Å². The second-order valence-corrected chi connectivity index (χ2v) is 6.71. The molecule has 0 aliphatic carbocycles. The predicted octanol–water partition coefficient (Wildman–Crippen LogP) is 2.96. The van der Waals surface area contributed by atoms with E-state index >= 15 is 0 Å². The van der Waals surface area contributed by atoms with E-state index in [0.29, 0.717) is 6.54 Å². The maximum absolute atomic E-state index is 12.1. The number of fused-ring (bicyclic) bond motifs is 1. The fourth-order valence-electron chi connectivity index (χ4n) is 2.68. The van der Waals surface area contributed by atoms with Gasteiger partial charge in [-0.3, -0.25) is 4.79 Å². The maximum atomic E-state index is 12.1. The Bertz CT molecular complexity index is 693. The van der Waals surface area contributed by atoms with Crippen LogP contribution >= 0.6 is 11.3 Å². The molecule has 1 amide bonds. The molecule has 22 heavy (non-hydrogen) atoms. The van der Waals surface area contributed by atoms with Crippen molar-refractivity contribution in [3.8, 4) is 0 Å². The molecule has 3 rings (SSSR count). The monoisotopic (exact) mass is 313 g/mol. The van der Waals surface area contributed by atoms with E-state index in [1.807, 2.05) is 25.1 Å². The Balaban J connectivity index is 1.57. The first-order valence-corrected chi connectivity index (χ1v) is 8.25. The van der Waals surface area contributed by atoms with Crippen LogP contribution < -0.4 is 10.3 Å². The summed E-state index contributed by atoms with van der Waals surface area (Å²) in [7, 11) is 0. The number of carbonyl (C=O) groups is 1. The number of benzene rings is 1. The molecule has 0 bridgehead atoms. The summed E-state index contributed by atoms with van der Waals surface area (Å²) in [4.78, 5) is 16.5. The molecule has 0 saturated heterocycles. The van der Waals surface area contributed by atoms with Gasteiger partial charge in [0.25, 0.3) is 5.91 Å². The van der Waals surface area contributed by atoms with Crippen molar-refractivity contribution in [2.75, 3.05) is 18.0 Å². The van der Waals surface area contributed by atoms with Gasteiger partial charge in [-0.05, 0) is 43.5 Å². The predicted molar refractivity (Wildman–Crippen MR) is 91.8 cm³/mol. The quantitative estimate of drug-likeness (QED) is 0.697. The third-order valence-corrected chi connectivity index (χ3v) is 4.62. The zero-order valence-corrected chi connectivity index (χ0v) is 13.4. The van der Waals surface area contributed by atoms with Gasteiger partial charge in [0.15, 0.2) is 0 Å². The van der Waals surface area contributed by atoms with Crippen molar-refractivity contribution in [3.05, 3.63) is 51.7 Å². The minimum absolute atomic E-state index is 0.0822. The number of thiophene rings is 1. The fraction of sp³-hybridized carbons (Fsp3) is 0.294. The summed E-state index contributed by atoms with van der Waals surface area (Å²) in [5.41, 5.74) is 5.10. The van der Waals surface area contributed by atoms with Crippen LogP contribution in [0, 0.1) is 6.92 Å². The van der Waals surface area contributed by atoms with Crippen LogP contribution in [0.3, 0.4) is 0 Å². The normalized spacial score (nSPS) is 14.1. The number of nitrogens with one attached hydrogen (secondary N) is 1. The minimum atomic E-state index is -0.0822. The van der Waals surface area contributed by atoms with Crippen LogP contribution in [0.15, 0.2) is 41.5 Å². The molecular formula is C17H19N3OS. The molecule has 0 atom stereocenters. The average Bonchev–Trinajstić information content (AvgIpc) is 2.93. The lowest BCUT2D eigenvalue weighted by atomic mass is 10.0. The first kappa shape index (κ1) is 14.8. The second kappa shape index (κ2) is 6.75. The first-order valence-electron chi connectivity index (χ1n) is 7.43. The van der Waals surface area contributed by atoms with Crippen molar-refractivity contribution in [1.82, 2.24) is 5.43 Å². The van der Waals surface area contributed by atoms with Gasteiger partial charge in [-0.15, -0.1) is 11.3 Å². The molecule has 0 fully saturated rings. The maximum Gasteiger partial charge on any atom is 0.259 e. The van der Waals surface area contributed by atoms with Crippen LogP contribution in [-0.2, 0) is 11.2 Å². The number of hydrogen-bond acceptors (Lipinski definition) is 4. The van der Waals surface area contributed by atoms with Crippen molar-refractivity contribution in [3.63, 3.8) is 0 Å². The van der Waals surface area contributed by atoms with Gasteiger partial charge < -0.3 is 4.90 Å². The molecule has 0 spiro atoms. The molecule has 1 N–H and O–H groups in total. The van der Waals surface area contributed by atoms with E-state index in [1.54, 1.807) is 17.6 Å². The molecule has 2 heterocycles. The van der Waals surface area contributed by atoms with Crippen molar-refractivity contribution < 1.29 is 4.79 Å². The summed E-state index contributed by atoms with van der Waals surface area (Å²) in [6, 6.07) is 12.3. The first-order chi connectivity index (χ1) is 10.7. The minimum Gasteiger partial charge on any atom is -0.362 e. The number of aryl methyl sites for hydroxylation is 2. The highest BCUT2D eigenvalue weighted by atomic mass is 32.1. The Morgan fingerprint density at radius 2 is 2.23 bits per heavy atom. The molecule has 1 aliphatic heterocycles. The topological polar surface area (TPSA) is 44.7 Å². The number of amides is 1. The van der Waals surface area contributed by atoms with Gasteiger partial charge in [0.2, 0.25) is 0 Å². The Morgan fingerprint density at radius 3 is 3.05 bits per heavy atom. The van der Waals surface area contributed by atoms with E-state index < -0.39 is 0 Å². The Morgan fingerprint density at radius 1 is 1.36 bits per heavy atom. The Labute approximate surface area is 134 Å². The van der Waals surface area contributed by atoms with Crippen LogP contribution in [0.4, 0.5) is 5.69 Å². The van der Waals surface area contributed by atoms with Crippen molar-refractivity contribution in [1.29, 1.82) is 0 Å². The molecule has 0 unspecified atom stereocenters. The van der Waals surface area contributed by atoms with Gasteiger partial charge in [-0.1, -0.05) is 18.2 Å². The molecule has 5 heteroatoms.